The van der Waals surface area contributed by atoms with Crippen molar-refractivity contribution in [2.45, 2.75) is 19.0 Å². The molecular weight excluding hydrogens is 477 g/mol. The Kier molecular flexibility index (Phi) is 7.20. The molecule has 0 bridgehead atoms. The third-order valence-electron chi connectivity index (χ3n) is 5.24. The highest BCUT2D eigenvalue weighted by molar-refractivity contribution is 6.36. The SMILES string of the molecule is O=C(O)C(Cc1ccccc1)N(Cc1cccc(-c2nn[nH]n2)c1)C(=O)c1ccc(Cl)cc1Cl. The number of halogens is 2. The number of aliphatic carboxylic acids is 1. The maximum Gasteiger partial charge on any atom is 0.326 e. The average molecular weight is 496 g/mol. The van der Waals surface area contributed by atoms with Gasteiger partial charge in [-0.3, -0.25) is 4.79 Å². The molecule has 0 aliphatic carbocycles. The standard InChI is InChI=1S/C24H19Cl2N5O3/c25-18-9-10-19(20(26)13-18)23(32)31(21(24(33)34)12-15-5-2-1-3-6-15)14-16-7-4-8-17(11-16)22-27-29-30-28-22/h1-11,13,21H,12,14H2,(H,33,34)(H,27,28,29,30). The molecule has 0 saturated heterocycles. The number of carboxylic acid groups (broad SMARTS) is 1. The van der Waals surface area contributed by atoms with Gasteiger partial charge in [-0.15, -0.1) is 10.2 Å². The summed E-state index contributed by atoms with van der Waals surface area (Å²) in [5, 5.41) is 24.6. The third-order valence-corrected chi connectivity index (χ3v) is 5.79. The quantitative estimate of drug-likeness (QED) is 0.371. The summed E-state index contributed by atoms with van der Waals surface area (Å²) < 4.78 is 0. The van der Waals surface area contributed by atoms with Gasteiger partial charge in [0.05, 0.1) is 10.6 Å². The van der Waals surface area contributed by atoms with Crippen LogP contribution in [-0.2, 0) is 17.8 Å². The fraction of sp³-hybridized carbons (Fsp3) is 0.125. The number of carboxylic acids is 1. The first-order valence-electron chi connectivity index (χ1n) is 10.3. The molecule has 3 aromatic carbocycles. The number of rotatable bonds is 8. The molecule has 34 heavy (non-hydrogen) atoms. The van der Waals surface area contributed by atoms with Gasteiger partial charge in [-0.05, 0) is 40.6 Å². The van der Waals surface area contributed by atoms with E-state index < -0.39 is 17.9 Å². The Balaban J connectivity index is 1.73. The number of amides is 1. The first-order valence-corrected chi connectivity index (χ1v) is 11.0. The number of benzene rings is 3. The maximum atomic E-state index is 13.6. The molecule has 1 heterocycles. The van der Waals surface area contributed by atoms with Crippen LogP contribution >= 0.6 is 23.2 Å². The van der Waals surface area contributed by atoms with Crippen molar-refractivity contribution in [2.24, 2.45) is 0 Å². The molecule has 4 rings (SSSR count). The lowest BCUT2D eigenvalue weighted by Crippen LogP contribution is -2.46. The van der Waals surface area contributed by atoms with E-state index in [-0.39, 0.29) is 23.6 Å². The Morgan fingerprint density at radius 3 is 2.41 bits per heavy atom. The van der Waals surface area contributed by atoms with Gasteiger partial charge in [-0.1, -0.05) is 71.7 Å². The van der Waals surface area contributed by atoms with E-state index in [9.17, 15) is 14.7 Å². The summed E-state index contributed by atoms with van der Waals surface area (Å²) >= 11 is 12.3. The number of carbonyl (C=O) groups is 2. The number of nitrogens with one attached hydrogen (secondary N) is 1. The minimum absolute atomic E-state index is 0.0211. The molecule has 1 atom stereocenters. The molecular formula is C24H19Cl2N5O3. The number of hydrogen-bond donors (Lipinski definition) is 2. The zero-order valence-electron chi connectivity index (χ0n) is 17.7. The van der Waals surface area contributed by atoms with E-state index in [0.29, 0.717) is 22.0 Å². The summed E-state index contributed by atoms with van der Waals surface area (Å²) in [7, 11) is 0. The second kappa shape index (κ2) is 10.5. The van der Waals surface area contributed by atoms with Crippen LogP contribution < -0.4 is 0 Å². The molecule has 4 aromatic rings. The second-order valence-corrected chi connectivity index (χ2v) is 8.38. The van der Waals surface area contributed by atoms with Crippen LogP contribution in [0.2, 0.25) is 10.0 Å². The molecule has 0 saturated carbocycles. The van der Waals surface area contributed by atoms with Crippen LogP contribution in [0.5, 0.6) is 0 Å². The maximum absolute atomic E-state index is 13.6. The molecule has 8 nitrogen and oxygen atoms in total. The van der Waals surface area contributed by atoms with Gasteiger partial charge >= 0.3 is 5.97 Å². The van der Waals surface area contributed by atoms with E-state index in [1.54, 1.807) is 30.3 Å². The number of H-pyrrole nitrogens is 1. The molecule has 2 N–H and O–H groups in total. The van der Waals surface area contributed by atoms with Gasteiger partial charge in [-0.25, -0.2) is 4.79 Å². The van der Waals surface area contributed by atoms with Crippen molar-refractivity contribution in [3.8, 4) is 11.4 Å². The van der Waals surface area contributed by atoms with Crippen LogP contribution in [0.4, 0.5) is 0 Å². The summed E-state index contributed by atoms with van der Waals surface area (Å²) in [6, 6.07) is 19.7. The van der Waals surface area contributed by atoms with Gasteiger partial charge in [0.1, 0.15) is 6.04 Å². The van der Waals surface area contributed by atoms with Crippen molar-refractivity contribution in [3.05, 3.63) is 99.5 Å². The average Bonchev–Trinajstić information content (AvgIpc) is 3.37. The van der Waals surface area contributed by atoms with Crippen molar-refractivity contribution < 1.29 is 14.7 Å². The summed E-state index contributed by atoms with van der Waals surface area (Å²) in [6.07, 6.45) is 0.123. The van der Waals surface area contributed by atoms with Gasteiger partial charge in [0, 0.05) is 23.6 Å². The number of hydrogen-bond acceptors (Lipinski definition) is 5. The molecule has 0 aliphatic heterocycles. The van der Waals surface area contributed by atoms with Crippen molar-refractivity contribution in [3.63, 3.8) is 0 Å². The van der Waals surface area contributed by atoms with Gasteiger partial charge < -0.3 is 10.0 Å². The fourth-order valence-corrected chi connectivity index (χ4v) is 4.09. The van der Waals surface area contributed by atoms with Crippen molar-refractivity contribution in [2.75, 3.05) is 0 Å². The minimum atomic E-state index is -1.14. The van der Waals surface area contributed by atoms with Crippen LogP contribution in [0, 0.1) is 0 Å². The Morgan fingerprint density at radius 1 is 0.971 bits per heavy atom. The van der Waals surface area contributed by atoms with E-state index in [4.69, 9.17) is 23.2 Å². The Bertz CT molecular complexity index is 1300. The molecule has 0 spiro atoms. The van der Waals surface area contributed by atoms with Crippen molar-refractivity contribution in [1.29, 1.82) is 0 Å². The van der Waals surface area contributed by atoms with Gasteiger partial charge in [-0.2, -0.15) is 5.21 Å². The largest absolute Gasteiger partial charge is 0.480 e. The predicted molar refractivity (Wildman–Crippen MR) is 128 cm³/mol. The molecule has 10 heteroatoms. The Morgan fingerprint density at radius 2 is 1.74 bits per heavy atom. The summed E-state index contributed by atoms with van der Waals surface area (Å²) in [5.41, 5.74) is 2.33. The van der Waals surface area contributed by atoms with E-state index in [0.717, 1.165) is 5.56 Å². The summed E-state index contributed by atoms with van der Waals surface area (Å²) in [6.45, 7) is 0.0211. The van der Waals surface area contributed by atoms with Crippen LogP contribution in [0.3, 0.4) is 0 Å². The third kappa shape index (κ3) is 5.41. The Hall–Kier alpha value is -3.75. The summed E-state index contributed by atoms with van der Waals surface area (Å²) in [5.74, 6) is -1.26. The lowest BCUT2D eigenvalue weighted by Gasteiger charge is -2.30. The number of carbonyl (C=O) groups excluding carboxylic acids is 1. The van der Waals surface area contributed by atoms with Gasteiger partial charge in [0.15, 0.2) is 0 Å². The zero-order chi connectivity index (χ0) is 24.1. The van der Waals surface area contributed by atoms with Gasteiger partial charge in [0.2, 0.25) is 5.82 Å². The van der Waals surface area contributed by atoms with E-state index in [2.05, 4.69) is 20.6 Å². The molecule has 1 aromatic heterocycles. The molecule has 0 aliphatic rings. The molecule has 1 amide bonds. The normalized spacial score (nSPS) is 11.7. The van der Waals surface area contributed by atoms with Crippen LogP contribution in [0.25, 0.3) is 11.4 Å². The molecule has 0 fully saturated rings. The molecule has 172 valence electrons. The number of nitrogens with zero attached hydrogens (tertiary/aromatic N) is 4. The highest BCUT2D eigenvalue weighted by atomic mass is 35.5. The number of aromatic amines is 1. The topological polar surface area (TPSA) is 112 Å². The minimum Gasteiger partial charge on any atom is -0.480 e. The monoisotopic (exact) mass is 495 g/mol. The predicted octanol–water partition coefficient (Wildman–Crippen LogP) is 4.51. The lowest BCUT2D eigenvalue weighted by atomic mass is 10.0. The first kappa shape index (κ1) is 23.4. The van der Waals surface area contributed by atoms with E-state index in [1.807, 2.05) is 30.3 Å². The van der Waals surface area contributed by atoms with Gasteiger partial charge in [0.25, 0.3) is 5.91 Å². The van der Waals surface area contributed by atoms with Crippen LogP contribution in [0.15, 0.2) is 72.8 Å². The molecule has 1 unspecified atom stereocenters. The lowest BCUT2D eigenvalue weighted by molar-refractivity contribution is -0.142. The van der Waals surface area contributed by atoms with Crippen molar-refractivity contribution in [1.82, 2.24) is 25.5 Å². The highest BCUT2D eigenvalue weighted by Gasteiger charge is 2.32. The number of tetrazole rings is 1. The summed E-state index contributed by atoms with van der Waals surface area (Å²) in [4.78, 5) is 27.3. The fourth-order valence-electron chi connectivity index (χ4n) is 3.60. The zero-order valence-corrected chi connectivity index (χ0v) is 19.2. The van der Waals surface area contributed by atoms with Crippen LogP contribution in [0.1, 0.15) is 21.5 Å². The molecule has 0 radical (unpaired) electrons. The smallest absolute Gasteiger partial charge is 0.326 e. The highest BCUT2D eigenvalue weighted by Crippen LogP contribution is 2.26. The van der Waals surface area contributed by atoms with Crippen molar-refractivity contribution >= 4 is 35.1 Å². The first-order chi connectivity index (χ1) is 16.4. The number of aromatic nitrogens is 4. The second-order valence-electron chi connectivity index (χ2n) is 7.54. The van der Waals surface area contributed by atoms with E-state index in [1.165, 1.54) is 17.0 Å². The Labute approximate surface area is 205 Å². The van der Waals surface area contributed by atoms with E-state index >= 15 is 0 Å². The van der Waals surface area contributed by atoms with Crippen LogP contribution in [-0.4, -0.2) is 48.5 Å².